The van der Waals surface area contributed by atoms with Gasteiger partial charge in [-0.15, -0.1) is 0 Å². The Morgan fingerprint density at radius 3 is 2.45 bits per heavy atom. The number of likely N-dealkylation sites (tertiary alicyclic amines) is 1. The van der Waals surface area contributed by atoms with Crippen molar-refractivity contribution in [3.05, 3.63) is 59.5 Å². The number of carbonyl (C=O) groups excluding carboxylic acids is 3. The maximum atomic E-state index is 12.5. The van der Waals surface area contributed by atoms with Gasteiger partial charge >= 0.3 is 0 Å². The summed E-state index contributed by atoms with van der Waals surface area (Å²) in [6.45, 7) is 4.25. The third-order valence-corrected chi connectivity index (χ3v) is 4.87. The Labute approximate surface area is 167 Å². The molecule has 3 aromatic rings. The molecule has 4 rings (SSSR count). The first-order valence-corrected chi connectivity index (χ1v) is 9.54. The van der Waals surface area contributed by atoms with Crippen molar-refractivity contribution in [2.24, 2.45) is 0 Å². The molecule has 0 spiro atoms. The number of oxazole rings is 1. The highest BCUT2D eigenvalue weighted by Gasteiger charge is 2.28. The SMILES string of the molecule is CC(C)c1nc2cc(NC(=O)c3ccc(CN4C(=O)CCC4=O)cc3)ccc2o1. The Morgan fingerprint density at radius 2 is 1.79 bits per heavy atom. The van der Waals surface area contributed by atoms with Gasteiger partial charge in [-0.05, 0) is 35.9 Å². The van der Waals surface area contributed by atoms with E-state index in [1.54, 1.807) is 42.5 Å². The third-order valence-electron chi connectivity index (χ3n) is 4.87. The van der Waals surface area contributed by atoms with Crippen molar-refractivity contribution < 1.29 is 18.8 Å². The van der Waals surface area contributed by atoms with E-state index in [1.165, 1.54) is 4.90 Å². The molecule has 7 nitrogen and oxygen atoms in total. The van der Waals surface area contributed by atoms with E-state index in [0.29, 0.717) is 28.2 Å². The molecule has 1 fully saturated rings. The maximum Gasteiger partial charge on any atom is 0.255 e. The summed E-state index contributed by atoms with van der Waals surface area (Å²) in [5, 5.41) is 2.86. The van der Waals surface area contributed by atoms with Crippen LogP contribution in [0.3, 0.4) is 0 Å². The van der Waals surface area contributed by atoms with Crippen LogP contribution in [-0.2, 0) is 16.1 Å². The van der Waals surface area contributed by atoms with Gasteiger partial charge in [-0.3, -0.25) is 19.3 Å². The first-order chi connectivity index (χ1) is 13.9. The van der Waals surface area contributed by atoms with E-state index < -0.39 is 0 Å². The monoisotopic (exact) mass is 391 g/mol. The van der Waals surface area contributed by atoms with E-state index >= 15 is 0 Å². The molecule has 148 valence electrons. The summed E-state index contributed by atoms with van der Waals surface area (Å²) in [5.74, 6) is 0.289. The molecule has 7 heteroatoms. The maximum absolute atomic E-state index is 12.5. The van der Waals surface area contributed by atoms with Crippen molar-refractivity contribution in [1.82, 2.24) is 9.88 Å². The van der Waals surface area contributed by atoms with Gasteiger partial charge in [0.2, 0.25) is 11.8 Å². The Kier molecular flexibility index (Phi) is 4.88. The van der Waals surface area contributed by atoms with Crippen LogP contribution in [0.25, 0.3) is 11.1 Å². The van der Waals surface area contributed by atoms with Crippen molar-refractivity contribution in [3.63, 3.8) is 0 Å². The molecule has 1 aliphatic heterocycles. The topological polar surface area (TPSA) is 92.5 Å². The van der Waals surface area contributed by atoms with Gasteiger partial charge in [0.15, 0.2) is 11.5 Å². The van der Waals surface area contributed by atoms with E-state index in [2.05, 4.69) is 10.3 Å². The number of imide groups is 1. The van der Waals surface area contributed by atoms with Gasteiger partial charge in [0.1, 0.15) is 5.52 Å². The fraction of sp³-hybridized carbons (Fsp3) is 0.273. The lowest BCUT2D eigenvalue weighted by atomic mass is 10.1. The van der Waals surface area contributed by atoms with Gasteiger partial charge in [-0.2, -0.15) is 0 Å². The molecule has 3 amide bonds. The Balaban J connectivity index is 1.45. The predicted octanol–water partition coefficient (Wildman–Crippen LogP) is 3.85. The standard InChI is InChI=1S/C22H21N3O4/c1-13(2)22-24-17-11-16(7-8-18(17)29-22)23-21(28)15-5-3-14(4-6-15)12-25-19(26)9-10-20(25)27/h3-8,11,13H,9-10,12H2,1-2H3,(H,23,28). The summed E-state index contributed by atoms with van der Waals surface area (Å²) >= 11 is 0. The number of amides is 3. The normalized spacial score (nSPS) is 14.2. The summed E-state index contributed by atoms with van der Waals surface area (Å²) in [5.41, 5.74) is 3.29. The highest BCUT2D eigenvalue weighted by molar-refractivity contribution is 6.05. The summed E-state index contributed by atoms with van der Waals surface area (Å²) in [6, 6.07) is 12.2. The number of carbonyl (C=O) groups is 3. The predicted molar refractivity (Wildman–Crippen MR) is 107 cm³/mol. The molecule has 0 radical (unpaired) electrons. The second-order valence-electron chi connectivity index (χ2n) is 7.41. The lowest BCUT2D eigenvalue weighted by molar-refractivity contribution is -0.139. The zero-order valence-electron chi connectivity index (χ0n) is 16.3. The molecule has 0 saturated carbocycles. The smallest absolute Gasteiger partial charge is 0.255 e. The number of hydrogen-bond acceptors (Lipinski definition) is 5. The number of fused-ring (bicyclic) bond motifs is 1. The molecular weight excluding hydrogens is 370 g/mol. The fourth-order valence-electron chi connectivity index (χ4n) is 3.22. The van der Waals surface area contributed by atoms with Gasteiger partial charge in [0.25, 0.3) is 5.91 Å². The second-order valence-corrected chi connectivity index (χ2v) is 7.41. The van der Waals surface area contributed by atoms with Crippen LogP contribution in [0.4, 0.5) is 5.69 Å². The molecule has 1 aliphatic rings. The average molecular weight is 391 g/mol. The van der Waals surface area contributed by atoms with Gasteiger partial charge < -0.3 is 9.73 Å². The van der Waals surface area contributed by atoms with Crippen molar-refractivity contribution >= 4 is 34.5 Å². The molecule has 29 heavy (non-hydrogen) atoms. The minimum absolute atomic E-state index is 0.152. The molecule has 0 bridgehead atoms. The summed E-state index contributed by atoms with van der Waals surface area (Å²) < 4.78 is 5.68. The summed E-state index contributed by atoms with van der Waals surface area (Å²) in [4.78, 5) is 41.7. The lowest BCUT2D eigenvalue weighted by Crippen LogP contribution is -2.28. The Hall–Kier alpha value is -3.48. The van der Waals surface area contributed by atoms with Crippen LogP contribution in [0.1, 0.15) is 54.4 Å². The van der Waals surface area contributed by atoms with Crippen LogP contribution in [0.2, 0.25) is 0 Å². The van der Waals surface area contributed by atoms with Crippen LogP contribution in [0, 0.1) is 0 Å². The molecule has 0 aliphatic carbocycles. The first kappa shape index (κ1) is 18.9. The molecule has 1 N–H and O–H groups in total. The molecular formula is C22H21N3O4. The number of nitrogens with zero attached hydrogens (tertiary/aromatic N) is 2. The van der Waals surface area contributed by atoms with Crippen molar-refractivity contribution in [1.29, 1.82) is 0 Å². The van der Waals surface area contributed by atoms with E-state index in [-0.39, 0.29) is 43.0 Å². The molecule has 2 heterocycles. The molecule has 1 aromatic heterocycles. The Bertz CT molecular complexity index is 1080. The highest BCUT2D eigenvalue weighted by Crippen LogP contribution is 2.24. The molecule has 2 aromatic carbocycles. The van der Waals surface area contributed by atoms with Crippen molar-refractivity contribution in [2.75, 3.05) is 5.32 Å². The zero-order chi connectivity index (χ0) is 20.5. The third kappa shape index (κ3) is 3.89. The fourth-order valence-corrected chi connectivity index (χ4v) is 3.22. The van der Waals surface area contributed by atoms with Gasteiger partial charge in [-0.25, -0.2) is 4.98 Å². The van der Waals surface area contributed by atoms with Gasteiger partial charge in [0, 0.05) is 30.0 Å². The largest absolute Gasteiger partial charge is 0.440 e. The average Bonchev–Trinajstić information content (AvgIpc) is 3.27. The quantitative estimate of drug-likeness (QED) is 0.667. The van der Waals surface area contributed by atoms with Crippen molar-refractivity contribution in [2.45, 2.75) is 39.2 Å². The molecule has 0 unspecified atom stereocenters. The molecule has 1 saturated heterocycles. The van der Waals surface area contributed by atoms with E-state index in [4.69, 9.17) is 4.42 Å². The summed E-state index contributed by atoms with van der Waals surface area (Å²) in [6.07, 6.45) is 0.543. The number of hydrogen-bond donors (Lipinski definition) is 1. The van der Waals surface area contributed by atoms with Crippen LogP contribution >= 0.6 is 0 Å². The van der Waals surface area contributed by atoms with Gasteiger partial charge in [0.05, 0.1) is 6.54 Å². The van der Waals surface area contributed by atoms with E-state index in [1.807, 2.05) is 13.8 Å². The molecule has 0 atom stereocenters. The minimum atomic E-state index is -0.253. The van der Waals surface area contributed by atoms with Crippen LogP contribution < -0.4 is 5.32 Å². The number of anilines is 1. The zero-order valence-corrected chi connectivity index (χ0v) is 16.3. The number of nitrogens with one attached hydrogen (secondary N) is 1. The summed E-state index contributed by atoms with van der Waals surface area (Å²) in [7, 11) is 0. The van der Waals surface area contributed by atoms with E-state index in [0.717, 1.165) is 5.56 Å². The van der Waals surface area contributed by atoms with Crippen LogP contribution in [-0.4, -0.2) is 27.6 Å². The highest BCUT2D eigenvalue weighted by atomic mass is 16.3. The second kappa shape index (κ2) is 7.50. The Morgan fingerprint density at radius 1 is 1.10 bits per heavy atom. The van der Waals surface area contributed by atoms with Crippen molar-refractivity contribution in [3.8, 4) is 0 Å². The number of benzene rings is 2. The lowest BCUT2D eigenvalue weighted by Gasteiger charge is -2.14. The first-order valence-electron chi connectivity index (χ1n) is 9.54. The number of aromatic nitrogens is 1. The minimum Gasteiger partial charge on any atom is -0.440 e. The van der Waals surface area contributed by atoms with Crippen LogP contribution in [0.5, 0.6) is 0 Å². The van der Waals surface area contributed by atoms with Crippen LogP contribution in [0.15, 0.2) is 46.9 Å². The number of rotatable bonds is 5. The van der Waals surface area contributed by atoms with E-state index in [9.17, 15) is 14.4 Å². The van der Waals surface area contributed by atoms with Gasteiger partial charge in [-0.1, -0.05) is 26.0 Å².